The van der Waals surface area contributed by atoms with E-state index in [2.05, 4.69) is 4.72 Å². The fraction of sp³-hybridized carbons (Fsp3) is 1.00. The number of unbranched alkanes of at least 4 members (excludes halogenated alkanes) is 1. The van der Waals surface area contributed by atoms with Crippen molar-refractivity contribution in [3.8, 4) is 0 Å². The molecular weight excluding hydrogens is 264 g/mol. The van der Waals surface area contributed by atoms with Gasteiger partial charge in [-0.15, -0.1) is 0 Å². The van der Waals surface area contributed by atoms with Crippen LogP contribution in [0.1, 0.15) is 51.9 Å². The predicted molar refractivity (Wildman–Crippen MR) is 77.5 cm³/mol. The zero-order chi connectivity index (χ0) is 14.1. The minimum absolute atomic E-state index is 0.227. The fourth-order valence-corrected chi connectivity index (χ4v) is 3.48. The molecule has 0 atom stereocenters. The summed E-state index contributed by atoms with van der Waals surface area (Å²) in [6.45, 7) is 3.08. The summed E-state index contributed by atoms with van der Waals surface area (Å²) in [5, 5.41) is 0. The highest BCUT2D eigenvalue weighted by Crippen LogP contribution is 2.19. The van der Waals surface area contributed by atoms with Gasteiger partial charge in [-0.3, -0.25) is 0 Å². The van der Waals surface area contributed by atoms with Gasteiger partial charge in [0.05, 0.1) is 11.9 Å². The van der Waals surface area contributed by atoms with Crippen LogP contribution in [0.15, 0.2) is 0 Å². The Labute approximate surface area is 117 Å². The van der Waals surface area contributed by atoms with Crippen molar-refractivity contribution in [2.24, 2.45) is 5.73 Å². The van der Waals surface area contributed by atoms with Crippen LogP contribution < -0.4 is 10.5 Å². The first-order valence-corrected chi connectivity index (χ1v) is 9.03. The lowest BCUT2D eigenvalue weighted by Crippen LogP contribution is -2.31. The van der Waals surface area contributed by atoms with Crippen molar-refractivity contribution >= 4 is 10.0 Å². The molecular formula is C13H28N2O3S. The van der Waals surface area contributed by atoms with Gasteiger partial charge < -0.3 is 10.5 Å². The summed E-state index contributed by atoms with van der Waals surface area (Å²) in [4.78, 5) is 0. The lowest BCUT2D eigenvalue weighted by atomic mass is 9.94. The summed E-state index contributed by atoms with van der Waals surface area (Å²) in [5.41, 5.74) is 5.83. The third-order valence-electron chi connectivity index (χ3n) is 3.48. The second-order valence-electron chi connectivity index (χ2n) is 5.33. The van der Waals surface area contributed by atoms with Crippen LogP contribution in [0.4, 0.5) is 0 Å². The quantitative estimate of drug-likeness (QED) is 0.629. The molecule has 0 saturated heterocycles. The van der Waals surface area contributed by atoms with E-state index in [4.69, 9.17) is 10.5 Å². The minimum atomic E-state index is -3.08. The minimum Gasteiger partial charge on any atom is -0.378 e. The Balaban J connectivity index is 2.02. The average Bonchev–Trinajstić information content (AvgIpc) is 2.38. The molecule has 0 radical (unpaired) electrons. The molecule has 19 heavy (non-hydrogen) atoms. The standard InChI is InChI=1S/C13H28N2O3S/c1-2-3-11-19(16,17)15-9-4-10-18-13-7-5-12(14)6-8-13/h12-13,15H,2-11,14H2,1H3. The van der Waals surface area contributed by atoms with Crippen molar-refractivity contribution in [1.29, 1.82) is 0 Å². The molecule has 0 aromatic rings. The highest BCUT2D eigenvalue weighted by atomic mass is 32.2. The van der Waals surface area contributed by atoms with Crippen molar-refractivity contribution in [3.63, 3.8) is 0 Å². The van der Waals surface area contributed by atoms with Crippen LogP contribution in [0.5, 0.6) is 0 Å². The summed E-state index contributed by atoms with van der Waals surface area (Å²) < 4.78 is 31.4. The zero-order valence-corrected chi connectivity index (χ0v) is 12.8. The van der Waals surface area contributed by atoms with E-state index in [1.807, 2.05) is 6.92 Å². The van der Waals surface area contributed by atoms with Gasteiger partial charge in [-0.2, -0.15) is 0 Å². The van der Waals surface area contributed by atoms with Gasteiger partial charge in [0.1, 0.15) is 0 Å². The van der Waals surface area contributed by atoms with Crippen molar-refractivity contribution < 1.29 is 13.2 Å². The Morgan fingerprint density at radius 3 is 2.53 bits per heavy atom. The van der Waals surface area contributed by atoms with Crippen LogP contribution in [-0.4, -0.2) is 39.5 Å². The van der Waals surface area contributed by atoms with E-state index in [-0.39, 0.29) is 5.75 Å². The molecule has 0 amide bonds. The van der Waals surface area contributed by atoms with E-state index in [1.54, 1.807) is 0 Å². The molecule has 0 heterocycles. The van der Waals surface area contributed by atoms with E-state index in [9.17, 15) is 8.42 Å². The first-order chi connectivity index (χ1) is 9.03. The lowest BCUT2D eigenvalue weighted by Gasteiger charge is -2.26. The third kappa shape index (κ3) is 7.87. The molecule has 0 aromatic heterocycles. The summed E-state index contributed by atoms with van der Waals surface area (Å²) in [6, 6.07) is 0.338. The maximum atomic E-state index is 11.5. The van der Waals surface area contributed by atoms with Gasteiger partial charge in [-0.25, -0.2) is 13.1 Å². The molecule has 0 bridgehead atoms. The number of hydrogen-bond acceptors (Lipinski definition) is 4. The average molecular weight is 292 g/mol. The number of sulfonamides is 1. The molecule has 0 spiro atoms. The van der Waals surface area contributed by atoms with E-state index < -0.39 is 10.0 Å². The van der Waals surface area contributed by atoms with Gasteiger partial charge in [0, 0.05) is 19.2 Å². The molecule has 6 heteroatoms. The molecule has 0 aromatic carbocycles. The van der Waals surface area contributed by atoms with E-state index >= 15 is 0 Å². The molecule has 5 nitrogen and oxygen atoms in total. The van der Waals surface area contributed by atoms with Gasteiger partial charge in [0.15, 0.2) is 0 Å². The van der Waals surface area contributed by atoms with E-state index in [0.29, 0.717) is 31.7 Å². The summed E-state index contributed by atoms with van der Waals surface area (Å²) in [7, 11) is -3.08. The summed E-state index contributed by atoms with van der Waals surface area (Å²) >= 11 is 0. The van der Waals surface area contributed by atoms with E-state index in [1.165, 1.54) is 0 Å². The Bertz CT molecular complexity index is 325. The highest BCUT2D eigenvalue weighted by molar-refractivity contribution is 7.89. The number of nitrogens with two attached hydrogens (primary N) is 1. The molecule has 3 N–H and O–H groups in total. The normalized spacial score (nSPS) is 24.5. The van der Waals surface area contributed by atoms with Gasteiger partial charge in [-0.1, -0.05) is 13.3 Å². The SMILES string of the molecule is CCCCS(=O)(=O)NCCCOC1CCC(N)CC1. The molecule has 1 fully saturated rings. The van der Waals surface area contributed by atoms with Gasteiger partial charge in [0.2, 0.25) is 10.0 Å². The van der Waals surface area contributed by atoms with Crippen LogP contribution in [0.3, 0.4) is 0 Å². The van der Waals surface area contributed by atoms with Crippen molar-refractivity contribution in [3.05, 3.63) is 0 Å². The zero-order valence-electron chi connectivity index (χ0n) is 11.9. The highest BCUT2D eigenvalue weighted by Gasteiger charge is 2.18. The maximum Gasteiger partial charge on any atom is 0.211 e. The summed E-state index contributed by atoms with van der Waals surface area (Å²) in [5.74, 6) is 0.227. The monoisotopic (exact) mass is 292 g/mol. The fourth-order valence-electron chi connectivity index (χ4n) is 2.21. The van der Waals surface area contributed by atoms with Crippen molar-refractivity contribution in [2.45, 2.75) is 64.0 Å². The Morgan fingerprint density at radius 2 is 1.89 bits per heavy atom. The summed E-state index contributed by atoms with van der Waals surface area (Å²) in [6.07, 6.45) is 6.79. The van der Waals surface area contributed by atoms with Crippen LogP contribution in [0.2, 0.25) is 0 Å². The number of rotatable bonds is 9. The number of hydrogen-bond donors (Lipinski definition) is 2. The Kier molecular flexibility index (Phi) is 7.90. The van der Waals surface area contributed by atoms with Crippen molar-refractivity contribution in [2.75, 3.05) is 18.9 Å². The predicted octanol–water partition coefficient (Wildman–Crippen LogP) is 1.38. The molecule has 1 aliphatic carbocycles. The number of nitrogens with one attached hydrogen (secondary N) is 1. The van der Waals surface area contributed by atoms with Crippen LogP contribution in [0.25, 0.3) is 0 Å². The molecule has 0 unspecified atom stereocenters. The molecule has 1 aliphatic rings. The topological polar surface area (TPSA) is 81.4 Å². The van der Waals surface area contributed by atoms with Crippen LogP contribution in [-0.2, 0) is 14.8 Å². The first-order valence-electron chi connectivity index (χ1n) is 7.38. The first kappa shape index (κ1) is 16.9. The van der Waals surface area contributed by atoms with Crippen LogP contribution in [0, 0.1) is 0 Å². The smallest absolute Gasteiger partial charge is 0.211 e. The lowest BCUT2D eigenvalue weighted by molar-refractivity contribution is 0.0245. The third-order valence-corrected chi connectivity index (χ3v) is 4.95. The van der Waals surface area contributed by atoms with E-state index in [0.717, 1.165) is 38.5 Å². The molecule has 1 rings (SSSR count). The Morgan fingerprint density at radius 1 is 1.21 bits per heavy atom. The van der Waals surface area contributed by atoms with Crippen molar-refractivity contribution in [1.82, 2.24) is 4.72 Å². The molecule has 114 valence electrons. The number of ether oxygens (including phenoxy) is 1. The second-order valence-corrected chi connectivity index (χ2v) is 7.25. The largest absolute Gasteiger partial charge is 0.378 e. The van der Waals surface area contributed by atoms with Gasteiger partial charge >= 0.3 is 0 Å². The Hall–Kier alpha value is -0.170. The van der Waals surface area contributed by atoms with Crippen LogP contribution >= 0.6 is 0 Å². The van der Waals surface area contributed by atoms with Gasteiger partial charge in [0.25, 0.3) is 0 Å². The molecule has 1 saturated carbocycles. The maximum absolute atomic E-state index is 11.5. The van der Waals surface area contributed by atoms with Gasteiger partial charge in [-0.05, 0) is 38.5 Å². The second kappa shape index (κ2) is 8.89. The molecule has 0 aliphatic heterocycles.